The van der Waals surface area contributed by atoms with E-state index in [1.165, 1.54) is 45.8 Å². The number of allylic oxidation sites excluding steroid dienone is 1. The molecule has 0 unspecified atom stereocenters. The van der Waals surface area contributed by atoms with Crippen molar-refractivity contribution in [3.8, 4) is 0 Å². The van der Waals surface area contributed by atoms with Gasteiger partial charge in [-0.2, -0.15) is 0 Å². The molecule has 0 saturated heterocycles. The van der Waals surface area contributed by atoms with Crippen LogP contribution < -0.4 is 21.3 Å². The second kappa shape index (κ2) is 26.9. The van der Waals surface area contributed by atoms with Crippen LogP contribution in [0, 0.1) is 17.8 Å². The number of ether oxygens (including phenoxy) is 3. The molecule has 0 bridgehead atoms. The number of benzene rings is 1. The Morgan fingerprint density at radius 1 is 0.938 bits per heavy atom. The van der Waals surface area contributed by atoms with Crippen LogP contribution in [0.15, 0.2) is 53.6 Å². The Kier molecular flexibility index (Phi) is 22.9. The maximum absolute atomic E-state index is 14.2. The van der Waals surface area contributed by atoms with Gasteiger partial charge in [0.05, 0.1) is 13.2 Å². The Morgan fingerprint density at radius 3 is 2.15 bits per heavy atom. The molecule has 0 fully saturated rings. The molecule has 362 valence electrons. The first-order valence-corrected chi connectivity index (χ1v) is 22.3. The molecule has 0 aliphatic carbocycles. The van der Waals surface area contributed by atoms with Crippen LogP contribution in [0.25, 0.3) is 0 Å². The Balaban J connectivity index is 2.72. The minimum Gasteiger partial charge on any atom is -0.456 e. The molecule has 1 heterocycles. The van der Waals surface area contributed by atoms with Crippen molar-refractivity contribution in [1.29, 1.82) is 0 Å². The van der Waals surface area contributed by atoms with Gasteiger partial charge in [-0.05, 0) is 64.0 Å². The molecule has 65 heavy (non-hydrogen) atoms. The molecule has 0 spiro atoms. The Morgan fingerprint density at radius 2 is 1.57 bits per heavy atom. The van der Waals surface area contributed by atoms with E-state index in [1.807, 2.05) is 20.8 Å². The molecular formula is C47H72N6O12. The van der Waals surface area contributed by atoms with Crippen molar-refractivity contribution in [2.75, 3.05) is 33.8 Å². The van der Waals surface area contributed by atoms with E-state index in [9.17, 15) is 43.5 Å². The lowest BCUT2D eigenvalue weighted by Gasteiger charge is -2.33. The Labute approximate surface area is 383 Å². The molecule has 1 aliphatic rings. The number of hydrogen-bond acceptors (Lipinski definition) is 12. The van der Waals surface area contributed by atoms with Crippen LogP contribution in [0.3, 0.4) is 0 Å². The Bertz CT molecular complexity index is 1870. The van der Waals surface area contributed by atoms with Gasteiger partial charge >= 0.3 is 18.0 Å². The van der Waals surface area contributed by atoms with Crippen LogP contribution in [0.1, 0.15) is 94.1 Å². The van der Waals surface area contributed by atoms with E-state index < -0.39 is 108 Å². The lowest BCUT2D eigenvalue weighted by atomic mass is 9.90. The van der Waals surface area contributed by atoms with Crippen molar-refractivity contribution in [3.63, 3.8) is 0 Å². The van der Waals surface area contributed by atoms with E-state index in [0.29, 0.717) is 12.0 Å². The van der Waals surface area contributed by atoms with E-state index in [-0.39, 0.29) is 43.9 Å². The molecule has 0 saturated carbocycles. The molecule has 1 aliphatic heterocycles. The number of likely N-dealkylation sites (N-methyl/N-ethyl adjacent to an activating group) is 2. The minimum absolute atomic E-state index is 0.0616. The van der Waals surface area contributed by atoms with Crippen molar-refractivity contribution in [2.24, 2.45) is 17.8 Å². The number of nitrogens with zero attached hydrogens (tertiary/aromatic N) is 2. The molecule has 1 aromatic rings. The molecular weight excluding hydrogens is 841 g/mol. The zero-order chi connectivity index (χ0) is 49.1. The summed E-state index contributed by atoms with van der Waals surface area (Å²) in [5.41, 5.74) is 1.37. The van der Waals surface area contributed by atoms with Gasteiger partial charge in [0.25, 0.3) is 5.91 Å². The summed E-state index contributed by atoms with van der Waals surface area (Å²) in [6.07, 6.45) is -0.523. The molecule has 2 rings (SSSR count). The molecule has 0 radical (unpaired) electrons. The summed E-state index contributed by atoms with van der Waals surface area (Å²) in [7, 11) is 2.82. The maximum atomic E-state index is 14.2. The second-order valence-electron chi connectivity index (χ2n) is 17.2. The van der Waals surface area contributed by atoms with Crippen LogP contribution in [0.2, 0.25) is 0 Å². The number of alkyl carbamates (subject to hydrolysis) is 1. The first-order valence-electron chi connectivity index (χ1n) is 22.3. The predicted octanol–water partition coefficient (Wildman–Crippen LogP) is 2.96. The Hall–Kier alpha value is -5.78. The molecule has 5 N–H and O–H groups in total. The molecule has 18 nitrogen and oxygen atoms in total. The first-order chi connectivity index (χ1) is 30.6. The van der Waals surface area contributed by atoms with Gasteiger partial charge in [0.1, 0.15) is 36.4 Å². The summed E-state index contributed by atoms with van der Waals surface area (Å²) in [6.45, 7) is 15.8. The molecule has 9 atom stereocenters. The quantitative estimate of drug-likeness (QED) is 0.129. The highest BCUT2D eigenvalue weighted by Gasteiger charge is 2.37. The minimum atomic E-state index is -1.32. The monoisotopic (exact) mass is 913 g/mol. The summed E-state index contributed by atoms with van der Waals surface area (Å²) >= 11 is 0. The average molecular weight is 913 g/mol. The third kappa shape index (κ3) is 17.3. The fourth-order valence-corrected chi connectivity index (χ4v) is 7.03. The van der Waals surface area contributed by atoms with Crippen LogP contribution in [-0.4, -0.2) is 139 Å². The lowest BCUT2D eigenvalue weighted by molar-refractivity contribution is -0.155. The number of rotatable bonds is 10. The summed E-state index contributed by atoms with van der Waals surface area (Å²) < 4.78 is 17.5. The summed E-state index contributed by atoms with van der Waals surface area (Å²) in [6, 6.07) is 4.29. The largest absolute Gasteiger partial charge is 0.456 e. The topological polar surface area (TPSA) is 239 Å². The molecule has 1 aromatic carbocycles. The summed E-state index contributed by atoms with van der Waals surface area (Å²) in [5.74, 6) is -6.29. The number of aliphatic hydroxyl groups excluding tert-OH is 1. The number of esters is 2. The zero-order valence-corrected chi connectivity index (χ0v) is 40.1. The van der Waals surface area contributed by atoms with Crippen LogP contribution >= 0.6 is 0 Å². The standard InChI is InChI=1S/C47H72N6O12/c1-13-28(5)39-42(57)50-33(10)46(61)65-40(29(6)14-2)31(8)36(64-47(62)48-22-23-54)21-20-30(7)45(60)63-37(24-27(3)4)41(56)49-32(9)43(58)53(12)35(25-34-18-16-15-17-19-34)44(59)52(11)26-38(55)51-39/h14-20,27-28,31-33,35-37,39-40,54H,13,21-26H2,1-12H3,(H,48,62)(H,49,56)(H,50,57)(H,51,55)/b29-14+,30-20+/t28-,31-,32-,33+,35+,36-,37+,39-,40+/m0/s1. The normalized spacial score (nSPS) is 27.1. The number of carbonyl (C=O) groups excluding carboxylic acids is 8. The van der Waals surface area contributed by atoms with Gasteiger partial charge in [0.15, 0.2) is 6.10 Å². The molecule has 18 heteroatoms. The van der Waals surface area contributed by atoms with E-state index in [0.717, 1.165) is 10.5 Å². The molecule has 0 aromatic heterocycles. The number of carbonyl (C=O) groups is 8. The van der Waals surface area contributed by atoms with Gasteiger partial charge in [-0.1, -0.05) is 83.5 Å². The molecule has 6 amide bonds. The van der Waals surface area contributed by atoms with E-state index in [4.69, 9.17) is 14.2 Å². The third-order valence-electron chi connectivity index (χ3n) is 11.4. The van der Waals surface area contributed by atoms with Crippen molar-refractivity contribution in [3.05, 3.63) is 59.2 Å². The third-order valence-corrected chi connectivity index (χ3v) is 11.4. The number of amides is 6. The number of hydrogen-bond donors (Lipinski definition) is 5. The fourth-order valence-electron chi connectivity index (χ4n) is 7.03. The summed E-state index contributed by atoms with van der Waals surface area (Å²) in [5, 5.41) is 19.7. The van der Waals surface area contributed by atoms with Crippen molar-refractivity contribution in [1.82, 2.24) is 31.1 Å². The van der Waals surface area contributed by atoms with Crippen LogP contribution in [0.4, 0.5) is 4.79 Å². The zero-order valence-electron chi connectivity index (χ0n) is 40.1. The number of cyclic esters (lactones) is 2. The lowest BCUT2D eigenvalue weighted by Crippen LogP contribution is -2.57. The summed E-state index contributed by atoms with van der Waals surface area (Å²) in [4.78, 5) is 112. The predicted molar refractivity (Wildman–Crippen MR) is 242 cm³/mol. The van der Waals surface area contributed by atoms with Crippen molar-refractivity contribution >= 4 is 47.6 Å². The van der Waals surface area contributed by atoms with Gasteiger partial charge in [0.2, 0.25) is 23.6 Å². The van der Waals surface area contributed by atoms with E-state index in [1.54, 1.807) is 64.1 Å². The first kappa shape index (κ1) is 55.4. The van der Waals surface area contributed by atoms with Crippen LogP contribution in [0.5, 0.6) is 0 Å². The maximum Gasteiger partial charge on any atom is 0.407 e. The SMILES string of the molecule is C/C=C(\C)[C@H]1OC(=O)[C@@H](C)NC(=O)[C@H]([C@@H](C)CC)NC(=O)CN(C)C(=O)[C@@H](Cc2ccccc2)N(C)C(=O)[C@H](C)NC(=O)[C@@H](CC(C)C)OC(=O)/C(C)=C/C[C@H](OC(=O)NCCO)[C@@H]1C. The fraction of sp³-hybridized carbons (Fsp3) is 0.617. The van der Waals surface area contributed by atoms with Gasteiger partial charge in [-0.25, -0.2) is 14.4 Å². The highest BCUT2D eigenvalue weighted by molar-refractivity contribution is 5.96. The van der Waals surface area contributed by atoms with Crippen LogP contribution in [-0.2, 0) is 54.2 Å². The smallest absolute Gasteiger partial charge is 0.407 e. The number of aliphatic hydroxyl groups is 1. The van der Waals surface area contributed by atoms with Crippen molar-refractivity contribution < 1.29 is 57.7 Å². The average Bonchev–Trinajstić information content (AvgIpc) is 3.27. The van der Waals surface area contributed by atoms with Gasteiger partial charge in [0, 0.05) is 45.0 Å². The van der Waals surface area contributed by atoms with Gasteiger partial charge in [-0.3, -0.25) is 24.0 Å². The van der Waals surface area contributed by atoms with Crippen molar-refractivity contribution in [2.45, 2.75) is 137 Å². The number of nitrogens with one attached hydrogen (secondary N) is 4. The van der Waals surface area contributed by atoms with Gasteiger partial charge < -0.3 is 50.4 Å². The van der Waals surface area contributed by atoms with E-state index in [2.05, 4.69) is 21.3 Å². The second-order valence-corrected chi connectivity index (χ2v) is 17.2. The van der Waals surface area contributed by atoms with E-state index >= 15 is 0 Å². The highest BCUT2D eigenvalue weighted by atomic mass is 16.6. The van der Waals surface area contributed by atoms with Gasteiger partial charge in [-0.15, -0.1) is 0 Å². The highest BCUT2D eigenvalue weighted by Crippen LogP contribution is 2.26.